The molecular weight excluding hydrogens is 146 g/mol. The van der Waals surface area contributed by atoms with Gasteiger partial charge in [-0.05, 0) is 18.0 Å². The van der Waals surface area contributed by atoms with Crippen LogP contribution < -0.4 is 5.32 Å². The molecule has 0 aromatic heterocycles. The van der Waals surface area contributed by atoms with Crippen LogP contribution in [0.15, 0.2) is 30.3 Å². The van der Waals surface area contributed by atoms with E-state index in [0.29, 0.717) is 0 Å². The first-order valence-electron chi connectivity index (χ1n) is 4.63. The zero-order chi connectivity index (χ0) is 8.39. The monoisotopic (exact) mass is 161 g/mol. The first-order valence-corrected chi connectivity index (χ1v) is 4.63. The maximum atomic E-state index is 3.42. The summed E-state index contributed by atoms with van der Waals surface area (Å²) in [4.78, 5) is 0. The Kier molecular flexibility index (Phi) is 2.13. The van der Waals surface area contributed by atoms with Crippen LogP contribution in [0.2, 0.25) is 0 Å². The van der Waals surface area contributed by atoms with Crippen LogP contribution in [0.1, 0.15) is 18.4 Å². The molecule has 1 N–H and O–H groups in total. The lowest BCUT2D eigenvalue weighted by molar-refractivity contribution is 0.572. The third kappa shape index (κ3) is 1.37. The number of hydrogen-bond donors (Lipinski definition) is 1. The normalized spacial score (nSPS) is 29.1. The van der Waals surface area contributed by atoms with Gasteiger partial charge in [-0.25, -0.2) is 0 Å². The molecule has 2 atom stereocenters. The van der Waals surface area contributed by atoms with Gasteiger partial charge in [0.15, 0.2) is 0 Å². The highest BCUT2D eigenvalue weighted by Gasteiger charge is 2.23. The molecule has 1 saturated heterocycles. The molecule has 64 valence electrons. The van der Waals surface area contributed by atoms with E-state index in [2.05, 4.69) is 42.6 Å². The standard InChI is InChI=1S/C11H15N/c1-9-7-12-8-11(9)10-5-3-2-4-6-10/h2-6,9,11-12H,7-8H2,1H3/t9-,11+/m0/s1. The van der Waals surface area contributed by atoms with Gasteiger partial charge in [-0.2, -0.15) is 0 Å². The highest BCUT2D eigenvalue weighted by molar-refractivity contribution is 5.21. The summed E-state index contributed by atoms with van der Waals surface area (Å²) in [6.07, 6.45) is 0. The van der Waals surface area contributed by atoms with Gasteiger partial charge in [0.1, 0.15) is 0 Å². The van der Waals surface area contributed by atoms with Gasteiger partial charge < -0.3 is 5.32 Å². The van der Waals surface area contributed by atoms with Crippen molar-refractivity contribution in [3.63, 3.8) is 0 Å². The van der Waals surface area contributed by atoms with E-state index < -0.39 is 0 Å². The maximum absolute atomic E-state index is 3.42. The molecule has 1 nitrogen and oxygen atoms in total. The van der Waals surface area contributed by atoms with Crippen LogP contribution in [0.3, 0.4) is 0 Å². The van der Waals surface area contributed by atoms with E-state index in [-0.39, 0.29) is 0 Å². The molecule has 0 aliphatic carbocycles. The van der Waals surface area contributed by atoms with Crippen LogP contribution in [0, 0.1) is 5.92 Å². The van der Waals surface area contributed by atoms with Gasteiger partial charge >= 0.3 is 0 Å². The topological polar surface area (TPSA) is 12.0 Å². The smallest absolute Gasteiger partial charge is 0.00233 e. The Balaban J connectivity index is 2.19. The molecule has 0 unspecified atom stereocenters. The Morgan fingerprint density at radius 3 is 2.50 bits per heavy atom. The molecule has 1 aliphatic rings. The molecule has 0 radical (unpaired) electrons. The van der Waals surface area contributed by atoms with Crippen molar-refractivity contribution in [2.75, 3.05) is 13.1 Å². The third-order valence-electron chi connectivity index (χ3n) is 2.75. The fourth-order valence-electron chi connectivity index (χ4n) is 1.96. The number of rotatable bonds is 1. The molecular formula is C11H15N. The maximum Gasteiger partial charge on any atom is 0.00233 e. The van der Waals surface area contributed by atoms with E-state index in [9.17, 15) is 0 Å². The first-order chi connectivity index (χ1) is 5.88. The van der Waals surface area contributed by atoms with Crippen LogP contribution in [-0.2, 0) is 0 Å². The second-order valence-corrected chi connectivity index (χ2v) is 3.65. The van der Waals surface area contributed by atoms with Gasteiger partial charge in [0.2, 0.25) is 0 Å². The van der Waals surface area contributed by atoms with Crippen molar-refractivity contribution in [1.29, 1.82) is 0 Å². The zero-order valence-corrected chi connectivity index (χ0v) is 7.46. The predicted octanol–water partition coefficient (Wildman–Crippen LogP) is 2.01. The minimum absolute atomic E-state index is 0.728. The van der Waals surface area contributed by atoms with E-state index in [0.717, 1.165) is 18.4 Å². The number of benzene rings is 1. The van der Waals surface area contributed by atoms with Gasteiger partial charge in [-0.3, -0.25) is 0 Å². The van der Waals surface area contributed by atoms with Crippen molar-refractivity contribution < 1.29 is 0 Å². The van der Waals surface area contributed by atoms with Gasteiger partial charge in [0, 0.05) is 12.5 Å². The minimum atomic E-state index is 0.728. The van der Waals surface area contributed by atoms with Crippen molar-refractivity contribution in [2.45, 2.75) is 12.8 Å². The molecule has 1 aromatic carbocycles. The summed E-state index contributed by atoms with van der Waals surface area (Å²) in [5.41, 5.74) is 1.48. The molecule has 0 amide bonds. The summed E-state index contributed by atoms with van der Waals surface area (Å²) >= 11 is 0. The second kappa shape index (κ2) is 3.28. The predicted molar refractivity (Wildman–Crippen MR) is 51.2 cm³/mol. The van der Waals surface area contributed by atoms with E-state index in [1.807, 2.05) is 0 Å². The molecule has 0 saturated carbocycles. The number of nitrogens with one attached hydrogen (secondary N) is 1. The third-order valence-corrected chi connectivity index (χ3v) is 2.75. The van der Waals surface area contributed by atoms with Crippen LogP contribution in [0.5, 0.6) is 0 Å². The van der Waals surface area contributed by atoms with E-state index in [4.69, 9.17) is 0 Å². The van der Waals surface area contributed by atoms with Crippen molar-refractivity contribution in [2.24, 2.45) is 5.92 Å². The van der Waals surface area contributed by atoms with E-state index in [1.165, 1.54) is 12.1 Å². The average molecular weight is 161 g/mol. The Bertz CT molecular complexity index is 242. The minimum Gasteiger partial charge on any atom is -0.316 e. The van der Waals surface area contributed by atoms with Crippen molar-refractivity contribution in [3.05, 3.63) is 35.9 Å². The molecule has 1 aliphatic heterocycles. The SMILES string of the molecule is C[C@H]1CNC[C@H]1c1ccccc1. The molecule has 12 heavy (non-hydrogen) atoms. The molecule has 0 spiro atoms. The van der Waals surface area contributed by atoms with Crippen LogP contribution >= 0.6 is 0 Å². The van der Waals surface area contributed by atoms with Crippen LogP contribution in [-0.4, -0.2) is 13.1 Å². The van der Waals surface area contributed by atoms with Crippen molar-refractivity contribution >= 4 is 0 Å². The van der Waals surface area contributed by atoms with Gasteiger partial charge in [0.05, 0.1) is 0 Å². The summed E-state index contributed by atoms with van der Waals surface area (Å²) < 4.78 is 0. The largest absolute Gasteiger partial charge is 0.316 e. The zero-order valence-electron chi connectivity index (χ0n) is 7.46. The lowest BCUT2D eigenvalue weighted by Crippen LogP contribution is -2.07. The summed E-state index contributed by atoms with van der Waals surface area (Å²) in [5.74, 6) is 1.51. The van der Waals surface area contributed by atoms with E-state index in [1.54, 1.807) is 0 Å². The molecule has 1 fully saturated rings. The van der Waals surface area contributed by atoms with Crippen LogP contribution in [0.25, 0.3) is 0 Å². The lowest BCUT2D eigenvalue weighted by Gasteiger charge is -2.13. The Hall–Kier alpha value is -0.820. The molecule has 0 bridgehead atoms. The van der Waals surface area contributed by atoms with Gasteiger partial charge in [0.25, 0.3) is 0 Å². The van der Waals surface area contributed by atoms with Gasteiger partial charge in [-0.15, -0.1) is 0 Å². The second-order valence-electron chi connectivity index (χ2n) is 3.65. The highest BCUT2D eigenvalue weighted by atomic mass is 14.9. The lowest BCUT2D eigenvalue weighted by atomic mass is 9.90. The molecule has 1 heteroatoms. The Morgan fingerprint density at radius 2 is 1.92 bits per heavy atom. The molecule has 1 heterocycles. The summed E-state index contributed by atoms with van der Waals surface area (Å²) in [6, 6.07) is 10.8. The fraction of sp³-hybridized carbons (Fsp3) is 0.455. The fourth-order valence-corrected chi connectivity index (χ4v) is 1.96. The summed E-state index contributed by atoms with van der Waals surface area (Å²) in [7, 11) is 0. The van der Waals surface area contributed by atoms with Gasteiger partial charge in [-0.1, -0.05) is 37.3 Å². The van der Waals surface area contributed by atoms with E-state index >= 15 is 0 Å². The first kappa shape index (κ1) is 7.81. The Morgan fingerprint density at radius 1 is 1.17 bits per heavy atom. The highest BCUT2D eigenvalue weighted by Crippen LogP contribution is 2.26. The molecule has 1 aromatic rings. The average Bonchev–Trinajstić information content (AvgIpc) is 2.53. The van der Waals surface area contributed by atoms with Crippen molar-refractivity contribution in [3.8, 4) is 0 Å². The molecule has 2 rings (SSSR count). The number of hydrogen-bond acceptors (Lipinski definition) is 1. The summed E-state index contributed by atoms with van der Waals surface area (Å²) in [6.45, 7) is 4.63. The summed E-state index contributed by atoms with van der Waals surface area (Å²) in [5, 5.41) is 3.42. The Labute approximate surface area is 73.8 Å². The quantitative estimate of drug-likeness (QED) is 0.664. The van der Waals surface area contributed by atoms with Crippen molar-refractivity contribution in [1.82, 2.24) is 5.32 Å². The van der Waals surface area contributed by atoms with Crippen LogP contribution in [0.4, 0.5) is 0 Å².